The van der Waals surface area contributed by atoms with Gasteiger partial charge < -0.3 is 10.6 Å². The van der Waals surface area contributed by atoms with Crippen molar-refractivity contribution in [3.05, 3.63) is 63.6 Å². The van der Waals surface area contributed by atoms with E-state index in [9.17, 15) is 9.59 Å². The van der Waals surface area contributed by atoms with Crippen LogP contribution in [0, 0.1) is 0 Å². The Bertz CT molecular complexity index is 821. The van der Waals surface area contributed by atoms with Crippen LogP contribution in [0.15, 0.2) is 42.5 Å². The van der Waals surface area contributed by atoms with Crippen molar-refractivity contribution in [2.24, 2.45) is 0 Å². The molecule has 8 heteroatoms. The van der Waals surface area contributed by atoms with Crippen LogP contribution in [0.25, 0.3) is 0 Å². The summed E-state index contributed by atoms with van der Waals surface area (Å²) in [5.41, 5.74) is 1.51. The van der Waals surface area contributed by atoms with Crippen molar-refractivity contribution in [1.82, 2.24) is 10.6 Å². The van der Waals surface area contributed by atoms with E-state index in [1.807, 2.05) is 0 Å². The smallest absolute Gasteiger partial charge is 0.257 e. The van der Waals surface area contributed by atoms with Crippen LogP contribution in [-0.4, -0.2) is 23.5 Å². The maximum atomic E-state index is 12.2. The number of rotatable bonds is 6. The number of hydrogen-bond acceptors (Lipinski definition) is 3. The average Bonchev–Trinajstić information content (AvgIpc) is 2.61. The molecule has 0 fully saturated rings. The van der Waals surface area contributed by atoms with Gasteiger partial charge in [-0.05, 0) is 61.1 Å². The highest BCUT2D eigenvalue weighted by atomic mass is 35.5. The van der Waals surface area contributed by atoms with Gasteiger partial charge in [-0.1, -0.05) is 36.5 Å². The topological polar surface area (TPSA) is 70.2 Å². The fraction of sp³-hybridized carbons (Fsp3) is 0.211. The molecule has 0 aliphatic carbocycles. The van der Waals surface area contributed by atoms with Gasteiger partial charge >= 0.3 is 0 Å². The van der Waals surface area contributed by atoms with Gasteiger partial charge in [0.2, 0.25) is 0 Å². The van der Waals surface area contributed by atoms with Gasteiger partial charge in [-0.15, -0.1) is 0 Å². The molecule has 0 bridgehead atoms. The normalized spacial score (nSPS) is 10.2. The van der Waals surface area contributed by atoms with Crippen molar-refractivity contribution in [2.45, 2.75) is 19.8 Å². The van der Waals surface area contributed by atoms with E-state index in [1.54, 1.807) is 24.3 Å². The Labute approximate surface area is 173 Å². The molecule has 5 nitrogen and oxygen atoms in total. The Hall–Kier alpha value is -2.15. The number of thiocarbonyl (C=S) groups is 1. The molecule has 0 aliphatic rings. The van der Waals surface area contributed by atoms with Gasteiger partial charge in [0.1, 0.15) is 0 Å². The molecule has 0 aliphatic heterocycles. The molecule has 3 N–H and O–H groups in total. The fourth-order valence-electron chi connectivity index (χ4n) is 2.21. The Kier molecular flexibility index (Phi) is 8.03. The third-order valence-electron chi connectivity index (χ3n) is 3.57. The van der Waals surface area contributed by atoms with Gasteiger partial charge in [0.05, 0.1) is 0 Å². The molecule has 0 saturated heterocycles. The van der Waals surface area contributed by atoms with Crippen LogP contribution in [0.1, 0.15) is 40.5 Å². The average molecular weight is 424 g/mol. The second-order valence-electron chi connectivity index (χ2n) is 5.75. The highest BCUT2D eigenvalue weighted by Gasteiger charge is 2.10. The summed E-state index contributed by atoms with van der Waals surface area (Å²) in [6.45, 7) is 2.72. The summed E-state index contributed by atoms with van der Waals surface area (Å²) in [4.78, 5) is 24.2. The van der Waals surface area contributed by atoms with Gasteiger partial charge in [-0.2, -0.15) is 0 Å². The monoisotopic (exact) mass is 423 g/mol. The van der Waals surface area contributed by atoms with Crippen LogP contribution >= 0.6 is 35.4 Å². The highest BCUT2D eigenvalue weighted by molar-refractivity contribution is 7.80. The second-order valence-corrected chi connectivity index (χ2v) is 7.03. The summed E-state index contributed by atoms with van der Waals surface area (Å²) in [7, 11) is 0. The number of benzene rings is 2. The third kappa shape index (κ3) is 6.82. The van der Waals surface area contributed by atoms with Crippen LogP contribution in [0.2, 0.25) is 10.0 Å². The molecule has 0 heterocycles. The molecule has 2 aromatic rings. The lowest BCUT2D eigenvalue weighted by molar-refractivity contribution is 0.0950. The zero-order valence-electron chi connectivity index (χ0n) is 14.6. The zero-order valence-corrected chi connectivity index (χ0v) is 17.0. The predicted molar refractivity (Wildman–Crippen MR) is 114 cm³/mol. The molecule has 0 atom stereocenters. The minimum atomic E-state index is -0.427. The molecule has 0 unspecified atom stereocenters. The van der Waals surface area contributed by atoms with Crippen molar-refractivity contribution in [1.29, 1.82) is 0 Å². The first-order chi connectivity index (χ1) is 12.9. The first-order valence-corrected chi connectivity index (χ1v) is 9.52. The quantitative estimate of drug-likeness (QED) is 0.467. The van der Waals surface area contributed by atoms with Crippen LogP contribution in [-0.2, 0) is 0 Å². The van der Waals surface area contributed by atoms with E-state index in [-0.39, 0.29) is 11.0 Å². The van der Waals surface area contributed by atoms with Crippen molar-refractivity contribution in [3.8, 4) is 0 Å². The number of anilines is 1. The van der Waals surface area contributed by atoms with E-state index in [2.05, 4.69) is 22.9 Å². The van der Waals surface area contributed by atoms with E-state index in [4.69, 9.17) is 35.4 Å². The molecule has 0 radical (unpaired) electrons. The fourth-order valence-corrected chi connectivity index (χ4v) is 2.94. The SMILES string of the molecule is CCCCNC(=O)c1ccc(NC(=S)NC(=O)c2cc(Cl)cc(Cl)c2)cc1. The number of hydrogen-bond donors (Lipinski definition) is 3. The summed E-state index contributed by atoms with van der Waals surface area (Å²) in [5, 5.41) is 9.14. The zero-order chi connectivity index (χ0) is 19.8. The molecule has 2 aromatic carbocycles. The standard InChI is InChI=1S/C19H19Cl2N3O2S/c1-2-3-8-22-17(25)12-4-6-16(7-5-12)23-19(27)24-18(26)13-9-14(20)11-15(21)10-13/h4-7,9-11H,2-3,8H2,1H3,(H,22,25)(H2,23,24,26,27). The van der Waals surface area contributed by atoms with Gasteiger partial charge in [0.25, 0.3) is 11.8 Å². The lowest BCUT2D eigenvalue weighted by Crippen LogP contribution is -2.34. The first kappa shape index (κ1) is 21.2. The number of amides is 2. The van der Waals surface area contributed by atoms with Gasteiger partial charge in [0, 0.05) is 33.4 Å². The molecule has 0 spiro atoms. The Morgan fingerprint density at radius 1 is 0.963 bits per heavy atom. The van der Waals surface area contributed by atoms with Gasteiger partial charge in [0.15, 0.2) is 5.11 Å². The summed E-state index contributed by atoms with van der Waals surface area (Å²) >= 11 is 16.9. The van der Waals surface area contributed by atoms with Gasteiger partial charge in [-0.3, -0.25) is 14.9 Å². The van der Waals surface area contributed by atoms with Crippen LogP contribution in [0.3, 0.4) is 0 Å². The molecule has 142 valence electrons. The molecule has 0 aromatic heterocycles. The first-order valence-electron chi connectivity index (χ1n) is 8.35. The summed E-state index contributed by atoms with van der Waals surface area (Å²) in [6.07, 6.45) is 1.96. The Balaban J connectivity index is 1.91. The van der Waals surface area contributed by atoms with Gasteiger partial charge in [-0.25, -0.2) is 0 Å². The summed E-state index contributed by atoms with van der Waals surface area (Å²) in [5.74, 6) is -0.549. The van der Waals surface area contributed by atoms with Crippen molar-refractivity contribution in [3.63, 3.8) is 0 Å². The third-order valence-corrected chi connectivity index (χ3v) is 4.21. The summed E-state index contributed by atoms with van der Waals surface area (Å²) in [6, 6.07) is 11.3. The molecule has 27 heavy (non-hydrogen) atoms. The van der Waals surface area contributed by atoms with Crippen molar-refractivity contribution in [2.75, 3.05) is 11.9 Å². The van der Waals surface area contributed by atoms with E-state index >= 15 is 0 Å². The number of carbonyl (C=O) groups is 2. The maximum absolute atomic E-state index is 12.2. The van der Waals surface area contributed by atoms with Crippen LogP contribution in [0.5, 0.6) is 0 Å². The molecule has 2 amide bonds. The molecule has 0 saturated carbocycles. The number of carbonyl (C=O) groups excluding carboxylic acids is 2. The lowest BCUT2D eigenvalue weighted by atomic mass is 10.2. The number of nitrogens with one attached hydrogen (secondary N) is 3. The predicted octanol–water partition coefficient (Wildman–Crippen LogP) is 4.65. The second kappa shape index (κ2) is 10.3. The highest BCUT2D eigenvalue weighted by Crippen LogP contribution is 2.19. The molecular formula is C19H19Cl2N3O2S. The minimum Gasteiger partial charge on any atom is -0.352 e. The lowest BCUT2D eigenvalue weighted by Gasteiger charge is -2.11. The van der Waals surface area contributed by atoms with Crippen molar-refractivity contribution < 1.29 is 9.59 Å². The molecular weight excluding hydrogens is 405 g/mol. The van der Waals surface area contributed by atoms with Crippen LogP contribution < -0.4 is 16.0 Å². The van der Waals surface area contributed by atoms with E-state index in [0.29, 0.717) is 33.4 Å². The maximum Gasteiger partial charge on any atom is 0.257 e. The summed E-state index contributed by atoms with van der Waals surface area (Å²) < 4.78 is 0. The Morgan fingerprint density at radius 3 is 2.19 bits per heavy atom. The largest absolute Gasteiger partial charge is 0.352 e. The number of unbranched alkanes of at least 4 members (excludes halogenated alkanes) is 1. The molecule has 2 rings (SSSR count). The number of halogens is 2. The minimum absolute atomic E-state index is 0.122. The van der Waals surface area contributed by atoms with E-state index < -0.39 is 5.91 Å². The van der Waals surface area contributed by atoms with E-state index in [1.165, 1.54) is 18.2 Å². The van der Waals surface area contributed by atoms with Crippen molar-refractivity contribution >= 4 is 58.0 Å². The Morgan fingerprint density at radius 2 is 1.59 bits per heavy atom. The van der Waals surface area contributed by atoms with Crippen LogP contribution in [0.4, 0.5) is 5.69 Å². The van der Waals surface area contributed by atoms with E-state index in [0.717, 1.165) is 12.8 Å².